The Morgan fingerprint density at radius 3 is 1.93 bits per heavy atom. The third-order valence-corrected chi connectivity index (χ3v) is 1.74. The van der Waals surface area contributed by atoms with Gasteiger partial charge in [-0.1, -0.05) is 53.1 Å². The molecule has 0 atom stereocenters. The minimum atomic E-state index is 0.482. The van der Waals surface area contributed by atoms with Crippen molar-refractivity contribution in [3.8, 4) is 0 Å². The zero-order chi connectivity index (χ0) is 11.6. The van der Waals surface area contributed by atoms with Crippen LogP contribution in [0.25, 0.3) is 0 Å². The third-order valence-electron chi connectivity index (χ3n) is 1.43. The minimum absolute atomic E-state index is 0.482. The number of rotatable bonds is 1. The average Bonchev–Trinajstić information content (AvgIpc) is 2.24. The molecule has 14 heavy (non-hydrogen) atoms. The fraction of sp³-hybridized carbons (Fsp3) is 0.583. The molecule has 1 nitrogen and oxygen atoms in total. The molecule has 0 aliphatic rings. The van der Waals surface area contributed by atoms with E-state index < -0.39 is 0 Å². The van der Waals surface area contributed by atoms with E-state index in [1.807, 2.05) is 33.8 Å². The van der Waals surface area contributed by atoms with Crippen molar-refractivity contribution in [2.45, 2.75) is 47.5 Å². The molecule has 0 aromatic carbocycles. The normalized spacial score (nSPS) is 8.29. The fourth-order valence-electron chi connectivity index (χ4n) is 0.854. The Morgan fingerprint density at radius 2 is 1.64 bits per heavy atom. The first-order valence-corrected chi connectivity index (χ1v) is 5.69. The number of hydrogen-bond donors (Lipinski definition) is 0. The van der Waals surface area contributed by atoms with Gasteiger partial charge < -0.3 is 0 Å². The van der Waals surface area contributed by atoms with Crippen molar-refractivity contribution in [2.24, 2.45) is 0 Å². The largest absolute Gasteiger partial charge is 0.263 e. The summed E-state index contributed by atoms with van der Waals surface area (Å²) < 4.78 is 0. The summed E-state index contributed by atoms with van der Waals surface area (Å²) >= 11 is 5.86. The van der Waals surface area contributed by atoms with E-state index in [2.05, 4.69) is 18.8 Å². The predicted molar refractivity (Wildman–Crippen MR) is 66.0 cm³/mol. The lowest BCUT2D eigenvalue weighted by molar-refractivity contribution is 0.863. The van der Waals surface area contributed by atoms with Crippen molar-refractivity contribution >= 4 is 11.6 Å². The van der Waals surface area contributed by atoms with Gasteiger partial charge in [-0.2, -0.15) is 0 Å². The molecule has 0 spiro atoms. The lowest BCUT2D eigenvalue weighted by Gasteiger charge is -2.05. The van der Waals surface area contributed by atoms with Crippen LogP contribution in [-0.2, 0) is 0 Å². The molecule has 0 saturated carbocycles. The van der Waals surface area contributed by atoms with E-state index in [1.54, 1.807) is 12.4 Å². The standard InChI is InChI=1S/C8H10ClN.2C2H6/c1-6(2)7-3-4-10-5-8(7)9;2*1-2/h3-6H,1-2H3;2*1-2H3. The highest BCUT2D eigenvalue weighted by Crippen LogP contribution is 2.21. The van der Waals surface area contributed by atoms with Gasteiger partial charge in [0.25, 0.3) is 0 Å². The highest BCUT2D eigenvalue weighted by molar-refractivity contribution is 6.31. The van der Waals surface area contributed by atoms with Crippen molar-refractivity contribution in [1.82, 2.24) is 4.98 Å². The van der Waals surface area contributed by atoms with Gasteiger partial charge in [0.2, 0.25) is 0 Å². The summed E-state index contributed by atoms with van der Waals surface area (Å²) in [5.41, 5.74) is 1.16. The summed E-state index contributed by atoms with van der Waals surface area (Å²) in [6, 6.07) is 1.95. The predicted octanol–water partition coefficient (Wildman–Crippen LogP) is 4.91. The lowest BCUT2D eigenvalue weighted by atomic mass is 10.1. The molecule has 0 radical (unpaired) electrons. The molecule has 0 bridgehead atoms. The maximum Gasteiger partial charge on any atom is 0.0623 e. The quantitative estimate of drug-likeness (QED) is 0.649. The second-order valence-corrected chi connectivity index (χ2v) is 2.96. The number of halogens is 1. The van der Waals surface area contributed by atoms with Crippen LogP contribution in [-0.4, -0.2) is 4.98 Å². The molecule has 0 unspecified atom stereocenters. The van der Waals surface area contributed by atoms with Crippen molar-refractivity contribution < 1.29 is 0 Å². The highest BCUT2D eigenvalue weighted by atomic mass is 35.5. The topological polar surface area (TPSA) is 12.9 Å². The van der Waals surface area contributed by atoms with Gasteiger partial charge in [-0.3, -0.25) is 4.98 Å². The summed E-state index contributed by atoms with van der Waals surface area (Å²) in [6.45, 7) is 12.2. The first kappa shape index (κ1) is 15.9. The molecule has 82 valence electrons. The van der Waals surface area contributed by atoms with E-state index in [-0.39, 0.29) is 0 Å². The van der Waals surface area contributed by atoms with Gasteiger partial charge in [-0.15, -0.1) is 0 Å². The van der Waals surface area contributed by atoms with E-state index in [9.17, 15) is 0 Å². The number of nitrogens with zero attached hydrogens (tertiary/aromatic N) is 1. The van der Waals surface area contributed by atoms with Crippen LogP contribution < -0.4 is 0 Å². The zero-order valence-electron chi connectivity index (χ0n) is 10.1. The average molecular weight is 216 g/mol. The molecule has 0 aliphatic carbocycles. The van der Waals surface area contributed by atoms with E-state index in [0.717, 1.165) is 10.6 Å². The van der Waals surface area contributed by atoms with Crippen molar-refractivity contribution in [1.29, 1.82) is 0 Å². The van der Waals surface area contributed by atoms with Crippen LogP contribution in [0.4, 0.5) is 0 Å². The monoisotopic (exact) mass is 215 g/mol. The van der Waals surface area contributed by atoms with Gasteiger partial charge in [0.15, 0.2) is 0 Å². The van der Waals surface area contributed by atoms with Gasteiger partial charge in [0, 0.05) is 12.4 Å². The second kappa shape index (κ2) is 10.5. The Bertz CT molecular complexity index is 221. The van der Waals surface area contributed by atoms with Crippen molar-refractivity contribution in [3.05, 3.63) is 29.0 Å². The summed E-state index contributed by atoms with van der Waals surface area (Å²) in [4.78, 5) is 3.90. The first-order valence-electron chi connectivity index (χ1n) is 5.31. The first-order chi connectivity index (χ1) is 6.72. The van der Waals surface area contributed by atoms with Gasteiger partial charge in [-0.05, 0) is 17.5 Å². The summed E-state index contributed by atoms with van der Waals surface area (Å²) in [6.07, 6.45) is 3.44. The minimum Gasteiger partial charge on any atom is -0.263 e. The van der Waals surface area contributed by atoms with E-state index in [1.165, 1.54) is 0 Å². The van der Waals surface area contributed by atoms with Crippen LogP contribution >= 0.6 is 11.6 Å². The lowest BCUT2D eigenvalue weighted by Crippen LogP contribution is -1.88. The molecule has 1 heterocycles. The van der Waals surface area contributed by atoms with E-state index in [0.29, 0.717) is 5.92 Å². The van der Waals surface area contributed by atoms with Crippen LogP contribution in [0.2, 0.25) is 5.02 Å². The smallest absolute Gasteiger partial charge is 0.0623 e. The van der Waals surface area contributed by atoms with Gasteiger partial charge >= 0.3 is 0 Å². The number of hydrogen-bond acceptors (Lipinski definition) is 1. The molecule has 0 saturated heterocycles. The highest BCUT2D eigenvalue weighted by Gasteiger charge is 2.02. The Morgan fingerprint density at radius 1 is 1.14 bits per heavy atom. The summed E-state index contributed by atoms with van der Waals surface area (Å²) in [7, 11) is 0. The second-order valence-electron chi connectivity index (χ2n) is 2.55. The van der Waals surface area contributed by atoms with Gasteiger partial charge in [-0.25, -0.2) is 0 Å². The maximum absolute atomic E-state index is 5.86. The molecule has 0 N–H and O–H groups in total. The zero-order valence-corrected chi connectivity index (χ0v) is 10.9. The van der Waals surface area contributed by atoms with E-state index in [4.69, 9.17) is 11.6 Å². The van der Waals surface area contributed by atoms with Crippen molar-refractivity contribution in [3.63, 3.8) is 0 Å². The van der Waals surface area contributed by atoms with Crippen LogP contribution in [0.1, 0.15) is 53.0 Å². The molecule has 1 aromatic rings. The molecular weight excluding hydrogens is 194 g/mol. The summed E-state index contributed by atoms with van der Waals surface area (Å²) in [5, 5.41) is 0.762. The molecule has 1 aromatic heterocycles. The molecular formula is C12H22ClN. The van der Waals surface area contributed by atoms with E-state index >= 15 is 0 Å². The van der Waals surface area contributed by atoms with Crippen LogP contribution in [0.3, 0.4) is 0 Å². The van der Waals surface area contributed by atoms with Gasteiger partial charge in [0.1, 0.15) is 0 Å². The maximum atomic E-state index is 5.86. The fourth-order valence-corrected chi connectivity index (χ4v) is 1.19. The Labute approximate surface area is 93.5 Å². The molecule has 0 fully saturated rings. The SMILES string of the molecule is CC.CC.CC(C)c1ccncc1Cl. The number of aromatic nitrogens is 1. The molecule has 2 heteroatoms. The molecule has 0 aliphatic heterocycles. The third kappa shape index (κ3) is 5.98. The van der Waals surface area contributed by atoms with Crippen molar-refractivity contribution in [2.75, 3.05) is 0 Å². The Hall–Kier alpha value is -0.560. The molecule has 1 rings (SSSR count). The Kier molecular flexibility index (Phi) is 11.9. The Balaban J connectivity index is 0. The van der Waals surface area contributed by atoms with Crippen LogP contribution in [0.5, 0.6) is 0 Å². The van der Waals surface area contributed by atoms with Crippen LogP contribution in [0.15, 0.2) is 18.5 Å². The van der Waals surface area contributed by atoms with Gasteiger partial charge in [0.05, 0.1) is 5.02 Å². The molecule has 0 amide bonds. The summed E-state index contributed by atoms with van der Waals surface area (Å²) in [5.74, 6) is 0.482. The number of pyridine rings is 1. The van der Waals surface area contributed by atoms with Crippen LogP contribution in [0, 0.1) is 0 Å².